The largest absolute Gasteiger partial charge is 0.300 e. The fourth-order valence-corrected chi connectivity index (χ4v) is 0.797. The van der Waals surface area contributed by atoms with Gasteiger partial charge < -0.3 is 4.79 Å². The zero-order chi connectivity index (χ0) is 9.07. The Kier molecular flexibility index (Phi) is 3.25. The molecule has 0 aromatic heterocycles. The van der Waals surface area contributed by atoms with Crippen molar-refractivity contribution >= 4 is 5.78 Å². The molecule has 1 atom stereocenters. The maximum atomic E-state index is 10.7. The molecule has 0 radical (unpaired) electrons. The number of Topliss-reactive ketones (excluding diaryl/α,β-unsaturated/α-hetero) is 1. The van der Waals surface area contributed by atoms with Crippen molar-refractivity contribution in [2.45, 2.75) is 34.1 Å². The van der Waals surface area contributed by atoms with E-state index in [1.165, 1.54) is 0 Å². The van der Waals surface area contributed by atoms with Crippen LogP contribution < -0.4 is 0 Å². The molecule has 0 fully saturated rings. The van der Waals surface area contributed by atoms with Crippen molar-refractivity contribution in [3.05, 3.63) is 0 Å². The van der Waals surface area contributed by atoms with Gasteiger partial charge in [0, 0.05) is 6.42 Å². The average molecular weight is 153 g/mol. The Morgan fingerprint density at radius 3 is 2.36 bits per heavy atom. The summed E-state index contributed by atoms with van der Waals surface area (Å²) in [5.41, 5.74) is -0.383. The third-order valence-electron chi connectivity index (χ3n) is 2.11. The van der Waals surface area contributed by atoms with Gasteiger partial charge in [0.25, 0.3) is 0 Å². The summed E-state index contributed by atoms with van der Waals surface area (Å²) in [6.45, 7) is 7.22. The molecule has 0 spiro atoms. The van der Waals surface area contributed by atoms with Gasteiger partial charge in [-0.3, -0.25) is 0 Å². The van der Waals surface area contributed by atoms with Crippen LogP contribution >= 0.6 is 0 Å². The molecule has 0 N–H and O–H groups in total. The van der Waals surface area contributed by atoms with Gasteiger partial charge >= 0.3 is 0 Å². The molecule has 0 aliphatic carbocycles. The quantitative estimate of drug-likeness (QED) is 0.623. The smallest absolute Gasteiger partial charge is 0.130 e. The van der Waals surface area contributed by atoms with Gasteiger partial charge in [-0.25, -0.2) is 0 Å². The van der Waals surface area contributed by atoms with Crippen LogP contribution in [-0.4, -0.2) is 5.78 Å². The Balaban J connectivity index is 4.15. The van der Waals surface area contributed by atoms with Crippen molar-refractivity contribution in [1.29, 1.82) is 5.26 Å². The minimum absolute atomic E-state index is 0.144. The zero-order valence-electron chi connectivity index (χ0n) is 7.64. The lowest BCUT2D eigenvalue weighted by Gasteiger charge is -2.22. The first-order valence-corrected chi connectivity index (χ1v) is 3.81. The van der Waals surface area contributed by atoms with Crippen LogP contribution in [0.2, 0.25) is 0 Å². The minimum Gasteiger partial charge on any atom is -0.300 e. The van der Waals surface area contributed by atoms with Crippen LogP contribution in [-0.2, 0) is 4.79 Å². The number of carbonyl (C=O) groups is 1. The fraction of sp³-hybridized carbons (Fsp3) is 0.778. The summed E-state index contributed by atoms with van der Waals surface area (Å²) in [6.07, 6.45) is 0.501. The van der Waals surface area contributed by atoms with Gasteiger partial charge in [0.1, 0.15) is 5.78 Å². The van der Waals surface area contributed by atoms with E-state index in [9.17, 15) is 4.79 Å². The Morgan fingerprint density at radius 1 is 1.64 bits per heavy atom. The number of hydrogen-bond acceptors (Lipinski definition) is 2. The summed E-state index contributed by atoms with van der Waals surface area (Å²) >= 11 is 0. The highest BCUT2D eigenvalue weighted by atomic mass is 16.1. The van der Waals surface area contributed by atoms with Gasteiger partial charge in [-0.1, -0.05) is 6.92 Å². The van der Waals surface area contributed by atoms with Crippen LogP contribution in [0.15, 0.2) is 0 Å². The molecule has 0 rings (SSSR count). The predicted molar refractivity (Wildman–Crippen MR) is 43.9 cm³/mol. The molecule has 0 saturated carbocycles. The van der Waals surface area contributed by atoms with E-state index < -0.39 is 0 Å². The number of hydrogen-bond donors (Lipinski definition) is 0. The monoisotopic (exact) mass is 153 g/mol. The fourth-order valence-electron chi connectivity index (χ4n) is 0.797. The molecule has 0 bridgehead atoms. The van der Waals surface area contributed by atoms with Gasteiger partial charge in [-0.05, 0) is 26.7 Å². The number of nitriles is 1. The third-order valence-corrected chi connectivity index (χ3v) is 2.11. The summed E-state index contributed by atoms with van der Waals surface area (Å²) in [5.74, 6) is 0.297. The van der Waals surface area contributed by atoms with Crippen LogP contribution in [0.5, 0.6) is 0 Å². The molecule has 0 unspecified atom stereocenters. The second-order valence-corrected chi connectivity index (χ2v) is 3.64. The first-order chi connectivity index (χ1) is 4.90. The van der Waals surface area contributed by atoms with E-state index >= 15 is 0 Å². The highest BCUT2D eigenvalue weighted by molar-refractivity contribution is 5.75. The lowest BCUT2D eigenvalue weighted by atomic mass is 9.79. The summed E-state index contributed by atoms with van der Waals surface area (Å²) in [4.78, 5) is 10.7. The van der Waals surface area contributed by atoms with E-state index in [1.54, 1.807) is 6.92 Å². The summed E-state index contributed by atoms with van der Waals surface area (Å²) < 4.78 is 0. The second kappa shape index (κ2) is 3.52. The van der Waals surface area contributed by atoms with E-state index in [-0.39, 0.29) is 17.1 Å². The lowest BCUT2D eigenvalue weighted by molar-refractivity contribution is -0.118. The third kappa shape index (κ3) is 3.18. The summed E-state index contributed by atoms with van der Waals surface area (Å²) in [7, 11) is 0. The first kappa shape index (κ1) is 10.2. The molecule has 0 amide bonds. The van der Waals surface area contributed by atoms with Crippen LogP contribution in [0.25, 0.3) is 0 Å². The molecular formula is C9H15NO. The number of ketones is 1. The van der Waals surface area contributed by atoms with E-state index in [2.05, 4.69) is 6.07 Å². The van der Waals surface area contributed by atoms with Crippen LogP contribution in [0, 0.1) is 22.7 Å². The van der Waals surface area contributed by atoms with E-state index in [0.717, 1.165) is 0 Å². The predicted octanol–water partition coefficient (Wildman–Crippen LogP) is 2.15. The standard InChI is InChI=1S/C9H15NO/c1-7(5-8(2)11)9(3,4)6-10/h7H,5H2,1-4H3/t7-/m1/s1. The molecule has 2 nitrogen and oxygen atoms in total. The first-order valence-electron chi connectivity index (χ1n) is 3.81. The summed E-state index contributed by atoms with van der Waals surface area (Å²) in [6, 6.07) is 2.19. The number of carbonyl (C=O) groups excluding carboxylic acids is 1. The van der Waals surface area contributed by atoms with E-state index in [4.69, 9.17) is 5.26 Å². The average Bonchev–Trinajstić information content (AvgIpc) is 1.86. The van der Waals surface area contributed by atoms with Gasteiger partial charge in [0.2, 0.25) is 0 Å². The SMILES string of the molecule is CC(=O)C[C@@H](C)C(C)(C)C#N. The molecular weight excluding hydrogens is 138 g/mol. The Labute approximate surface area is 68.2 Å². The maximum Gasteiger partial charge on any atom is 0.130 e. The Hall–Kier alpha value is -0.840. The van der Waals surface area contributed by atoms with Crippen LogP contribution in [0.3, 0.4) is 0 Å². The zero-order valence-corrected chi connectivity index (χ0v) is 7.64. The normalized spacial score (nSPS) is 13.7. The van der Waals surface area contributed by atoms with Crippen molar-refractivity contribution in [3.63, 3.8) is 0 Å². The van der Waals surface area contributed by atoms with Crippen LogP contribution in [0.4, 0.5) is 0 Å². The molecule has 0 aromatic rings. The molecule has 62 valence electrons. The van der Waals surface area contributed by atoms with Gasteiger partial charge in [0.15, 0.2) is 0 Å². The maximum absolute atomic E-state index is 10.7. The molecule has 0 saturated heterocycles. The molecule has 0 aliphatic heterocycles. The van der Waals surface area contributed by atoms with Gasteiger partial charge in [-0.2, -0.15) is 5.26 Å². The highest BCUT2D eigenvalue weighted by Gasteiger charge is 2.25. The lowest BCUT2D eigenvalue weighted by Crippen LogP contribution is -2.21. The minimum atomic E-state index is -0.383. The van der Waals surface area contributed by atoms with Crippen molar-refractivity contribution in [1.82, 2.24) is 0 Å². The van der Waals surface area contributed by atoms with Crippen molar-refractivity contribution < 1.29 is 4.79 Å². The van der Waals surface area contributed by atoms with E-state index in [0.29, 0.717) is 6.42 Å². The summed E-state index contributed by atoms with van der Waals surface area (Å²) in [5, 5.41) is 8.72. The molecule has 11 heavy (non-hydrogen) atoms. The highest BCUT2D eigenvalue weighted by Crippen LogP contribution is 2.27. The molecule has 0 aliphatic rings. The Bertz CT molecular complexity index is 188. The van der Waals surface area contributed by atoms with Gasteiger partial charge in [0.05, 0.1) is 11.5 Å². The number of rotatable bonds is 3. The van der Waals surface area contributed by atoms with Gasteiger partial charge in [-0.15, -0.1) is 0 Å². The number of nitrogens with zero attached hydrogens (tertiary/aromatic N) is 1. The second-order valence-electron chi connectivity index (χ2n) is 3.64. The van der Waals surface area contributed by atoms with Crippen molar-refractivity contribution in [2.24, 2.45) is 11.3 Å². The molecule has 0 aromatic carbocycles. The molecule has 0 heterocycles. The molecule has 2 heteroatoms. The Morgan fingerprint density at radius 2 is 2.09 bits per heavy atom. The van der Waals surface area contributed by atoms with Crippen LogP contribution in [0.1, 0.15) is 34.1 Å². The topological polar surface area (TPSA) is 40.9 Å². The van der Waals surface area contributed by atoms with E-state index in [1.807, 2.05) is 20.8 Å². The van der Waals surface area contributed by atoms with Crippen molar-refractivity contribution in [2.75, 3.05) is 0 Å². The van der Waals surface area contributed by atoms with Crippen molar-refractivity contribution in [3.8, 4) is 6.07 Å².